The number of aliphatic hydroxyl groups excluding tert-OH is 1. The van der Waals surface area contributed by atoms with Gasteiger partial charge < -0.3 is 15.7 Å². The fourth-order valence-corrected chi connectivity index (χ4v) is 4.95. The van der Waals surface area contributed by atoms with Gasteiger partial charge in [-0.1, -0.05) is 0 Å². The molecule has 1 aromatic carbocycles. The molecule has 2 aromatic heterocycles. The van der Waals surface area contributed by atoms with Crippen molar-refractivity contribution in [2.45, 2.75) is 56.7 Å². The molecule has 1 saturated heterocycles. The zero-order valence-corrected chi connectivity index (χ0v) is 18.6. The zero-order chi connectivity index (χ0) is 22.8. The molecule has 0 atom stereocenters. The molecular weight excluding hydrogens is 421 g/mol. The molecule has 0 amide bonds. The Morgan fingerprint density at radius 3 is 2.48 bits per heavy atom. The number of hydrogen-bond donors (Lipinski definition) is 3. The van der Waals surface area contributed by atoms with E-state index in [0.29, 0.717) is 5.69 Å². The van der Waals surface area contributed by atoms with Gasteiger partial charge in [0.25, 0.3) is 0 Å². The maximum Gasteiger partial charge on any atom is 0.333 e. The van der Waals surface area contributed by atoms with Gasteiger partial charge in [-0.2, -0.15) is 0 Å². The maximum atomic E-state index is 13.6. The molecule has 33 heavy (non-hydrogen) atoms. The molecule has 3 heterocycles. The van der Waals surface area contributed by atoms with E-state index in [1.807, 2.05) is 22.9 Å². The van der Waals surface area contributed by atoms with Gasteiger partial charge in [0.05, 0.1) is 17.5 Å². The minimum Gasteiger partial charge on any atom is -0.393 e. The zero-order valence-electron chi connectivity index (χ0n) is 18.6. The molecule has 0 radical (unpaired) electrons. The predicted octanol–water partition coefficient (Wildman–Crippen LogP) is 3.48. The predicted molar refractivity (Wildman–Crippen MR) is 126 cm³/mol. The van der Waals surface area contributed by atoms with Crippen LogP contribution >= 0.6 is 0 Å². The van der Waals surface area contributed by atoms with Gasteiger partial charge in [0.2, 0.25) is 0 Å². The number of rotatable bonds is 5. The Labute approximate surface area is 192 Å². The maximum absolute atomic E-state index is 13.6. The third kappa shape index (κ3) is 4.72. The number of aliphatic hydroxyl groups is 1. The average Bonchev–Trinajstić information content (AvgIpc) is 3.19. The van der Waals surface area contributed by atoms with E-state index in [1.54, 1.807) is 22.9 Å². The normalized spacial score (nSPS) is 21.8. The summed E-state index contributed by atoms with van der Waals surface area (Å²) < 4.78 is 17.1. The van der Waals surface area contributed by atoms with Crippen molar-refractivity contribution in [3.63, 3.8) is 0 Å². The van der Waals surface area contributed by atoms with E-state index in [4.69, 9.17) is 0 Å². The Morgan fingerprint density at radius 2 is 1.76 bits per heavy atom. The lowest BCUT2D eigenvalue weighted by Crippen LogP contribution is -2.34. The number of nitrogens with zero attached hydrogens (tertiary/aromatic N) is 3. The van der Waals surface area contributed by atoms with Crippen molar-refractivity contribution in [3.05, 3.63) is 65.1 Å². The van der Waals surface area contributed by atoms with Crippen molar-refractivity contribution in [2.75, 3.05) is 18.4 Å². The summed E-state index contributed by atoms with van der Waals surface area (Å²) >= 11 is 0. The van der Waals surface area contributed by atoms with Crippen LogP contribution in [-0.2, 0) is 0 Å². The van der Waals surface area contributed by atoms with Gasteiger partial charge in [-0.15, -0.1) is 0 Å². The first kappa shape index (κ1) is 21.9. The first-order valence-electron chi connectivity index (χ1n) is 11.8. The van der Waals surface area contributed by atoms with Crippen molar-refractivity contribution in [3.8, 4) is 16.9 Å². The van der Waals surface area contributed by atoms with Crippen molar-refractivity contribution >= 4 is 5.82 Å². The molecule has 174 valence electrons. The summed E-state index contributed by atoms with van der Waals surface area (Å²) in [6, 6.07) is 10.3. The largest absolute Gasteiger partial charge is 0.393 e. The second-order valence-corrected chi connectivity index (χ2v) is 9.08. The van der Waals surface area contributed by atoms with E-state index in [-0.39, 0.29) is 29.7 Å². The van der Waals surface area contributed by atoms with E-state index in [1.165, 1.54) is 12.1 Å². The van der Waals surface area contributed by atoms with Crippen LogP contribution in [-0.4, -0.2) is 44.5 Å². The van der Waals surface area contributed by atoms with Crippen molar-refractivity contribution in [1.82, 2.24) is 19.4 Å². The Balaban J connectivity index is 1.52. The number of aromatic nitrogens is 3. The third-order valence-corrected chi connectivity index (χ3v) is 6.81. The van der Waals surface area contributed by atoms with Gasteiger partial charge in [-0.3, -0.25) is 9.13 Å². The molecule has 2 fully saturated rings. The molecule has 0 spiro atoms. The highest BCUT2D eigenvalue weighted by molar-refractivity contribution is 5.65. The Hall–Kier alpha value is -2.97. The molecule has 1 saturated carbocycles. The first-order chi connectivity index (χ1) is 16.1. The lowest BCUT2D eigenvalue weighted by Gasteiger charge is -2.26. The van der Waals surface area contributed by atoms with E-state index < -0.39 is 0 Å². The Kier molecular flexibility index (Phi) is 6.28. The van der Waals surface area contributed by atoms with Crippen LogP contribution in [0.5, 0.6) is 0 Å². The first-order valence-corrected chi connectivity index (χ1v) is 11.8. The van der Waals surface area contributed by atoms with Gasteiger partial charge in [0.15, 0.2) is 0 Å². The summed E-state index contributed by atoms with van der Waals surface area (Å²) in [6.45, 7) is 1.77. The number of benzene rings is 1. The molecule has 0 bridgehead atoms. The van der Waals surface area contributed by atoms with Gasteiger partial charge in [0, 0.05) is 30.0 Å². The molecule has 3 N–H and O–H groups in total. The van der Waals surface area contributed by atoms with Crippen LogP contribution in [0.1, 0.15) is 44.6 Å². The number of halogens is 1. The van der Waals surface area contributed by atoms with Gasteiger partial charge in [-0.05, 0) is 88.0 Å². The molecule has 3 aromatic rings. The van der Waals surface area contributed by atoms with Crippen LogP contribution < -0.4 is 16.3 Å². The molecule has 7 nitrogen and oxygen atoms in total. The van der Waals surface area contributed by atoms with Crippen LogP contribution in [0.4, 0.5) is 10.2 Å². The second-order valence-electron chi connectivity index (χ2n) is 9.08. The molecule has 2 aliphatic rings. The van der Waals surface area contributed by atoms with Crippen LogP contribution in [0.3, 0.4) is 0 Å². The third-order valence-electron chi connectivity index (χ3n) is 6.81. The summed E-state index contributed by atoms with van der Waals surface area (Å²) in [4.78, 5) is 18.0. The number of imidazole rings is 1. The smallest absolute Gasteiger partial charge is 0.333 e. The summed E-state index contributed by atoms with van der Waals surface area (Å²) in [5.41, 5.74) is 2.15. The van der Waals surface area contributed by atoms with Gasteiger partial charge >= 0.3 is 5.69 Å². The van der Waals surface area contributed by atoms with E-state index in [0.717, 1.165) is 68.7 Å². The standard InChI is InChI=1S/C25H30FN5O2/c26-18-1-5-21(6-2-18)31-23(16-30(25(31)33)20-10-12-27-13-11-20)17-9-14-28-24(15-17)29-19-3-7-22(32)8-4-19/h1-2,5-6,9,14-16,19-20,22,27,32H,3-4,7-8,10-13H2,(H,28,29)/t19-,22-. The SMILES string of the molecule is O=c1n(C2CCNCC2)cc(-c2ccnc(N[C@H]3CC[C@H](O)CC3)c2)n1-c1ccc(F)cc1. The van der Waals surface area contributed by atoms with E-state index in [2.05, 4.69) is 15.6 Å². The highest BCUT2D eigenvalue weighted by Gasteiger charge is 2.23. The monoisotopic (exact) mass is 451 g/mol. The summed E-state index contributed by atoms with van der Waals surface area (Å²) in [7, 11) is 0. The number of hydrogen-bond acceptors (Lipinski definition) is 5. The minimum absolute atomic E-state index is 0.115. The fourth-order valence-electron chi connectivity index (χ4n) is 4.95. The van der Waals surface area contributed by atoms with Gasteiger partial charge in [0.1, 0.15) is 11.6 Å². The van der Waals surface area contributed by atoms with E-state index >= 15 is 0 Å². The topological polar surface area (TPSA) is 84.1 Å². The minimum atomic E-state index is -0.334. The lowest BCUT2D eigenvalue weighted by atomic mass is 9.93. The van der Waals surface area contributed by atoms with Crippen LogP contribution in [0.2, 0.25) is 0 Å². The summed E-state index contributed by atoms with van der Waals surface area (Å²) in [5.74, 6) is 0.417. The second kappa shape index (κ2) is 9.49. The fraction of sp³-hybridized carbons (Fsp3) is 0.440. The van der Waals surface area contributed by atoms with Crippen molar-refractivity contribution < 1.29 is 9.50 Å². The summed E-state index contributed by atoms with van der Waals surface area (Å²) in [6.07, 6.45) is 8.64. The molecule has 8 heteroatoms. The average molecular weight is 452 g/mol. The molecule has 5 rings (SSSR count). The van der Waals surface area contributed by atoms with Crippen LogP contribution in [0.25, 0.3) is 16.9 Å². The number of anilines is 1. The van der Waals surface area contributed by atoms with Crippen LogP contribution in [0, 0.1) is 5.82 Å². The molecular formula is C25H30FN5O2. The number of piperidine rings is 1. The van der Waals surface area contributed by atoms with Crippen LogP contribution in [0.15, 0.2) is 53.6 Å². The number of nitrogens with one attached hydrogen (secondary N) is 2. The van der Waals surface area contributed by atoms with E-state index in [9.17, 15) is 14.3 Å². The summed E-state index contributed by atoms with van der Waals surface area (Å²) in [5, 5.41) is 16.6. The molecule has 0 unspecified atom stereocenters. The highest BCUT2D eigenvalue weighted by Crippen LogP contribution is 2.28. The van der Waals surface area contributed by atoms with Crippen molar-refractivity contribution in [2.24, 2.45) is 0 Å². The van der Waals surface area contributed by atoms with Gasteiger partial charge in [-0.25, -0.2) is 14.2 Å². The quantitative estimate of drug-likeness (QED) is 0.553. The van der Waals surface area contributed by atoms with Crippen molar-refractivity contribution in [1.29, 1.82) is 0 Å². The lowest BCUT2D eigenvalue weighted by molar-refractivity contribution is 0.126. The molecule has 1 aliphatic heterocycles. The Bertz CT molecular complexity index is 1140. The molecule has 1 aliphatic carbocycles. The highest BCUT2D eigenvalue weighted by atomic mass is 19.1. The Morgan fingerprint density at radius 1 is 1.03 bits per heavy atom. The number of pyridine rings is 1.